The summed E-state index contributed by atoms with van der Waals surface area (Å²) in [4.78, 5) is 0. The van der Waals surface area contributed by atoms with Gasteiger partial charge < -0.3 is 0 Å². The molecule has 2 heteroatoms. The average molecular weight is 487 g/mol. The van der Waals surface area contributed by atoms with E-state index < -0.39 is 0 Å². The summed E-state index contributed by atoms with van der Waals surface area (Å²) in [6.45, 7) is 2.75. The van der Waals surface area contributed by atoms with Gasteiger partial charge in [0.2, 0.25) is 0 Å². The van der Waals surface area contributed by atoms with Gasteiger partial charge in [0.1, 0.15) is 0 Å². The van der Waals surface area contributed by atoms with Crippen molar-refractivity contribution in [2.45, 2.75) is 170 Å². The Hall–Kier alpha value is 0.340. The molecule has 0 amide bonds. The molecule has 186 valence electrons. The first kappa shape index (κ1) is 25.0. The standard InChI is InChI=1S/C31H52P2/c1-25(32(26-15-6-2-7-16-26)27-17-8-3-9-18-27)30-23-14-24-31(30)33(28-19-10-4-11-20-28)29-21-12-5-13-22-29/h23-29H,2-22H2,1H3/t25-/m1/s1. The van der Waals surface area contributed by atoms with Crippen molar-refractivity contribution in [3.8, 4) is 0 Å². The van der Waals surface area contributed by atoms with Crippen LogP contribution in [-0.4, -0.2) is 28.3 Å². The van der Waals surface area contributed by atoms with E-state index in [0.29, 0.717) is 0 Å². The van der Waals surface area contributed by atoms with Gasteiger partial charge in [0.05, 0.1) is 0 Å². The Bertz CT molecular complexity index is 618. The highest BCUT2D eigenvalue weighted by atomic mass is 31.1. The van der Waals surface area contributed by atoms with Crippen LogP contribution in [0.5, 0.6) is 0 Å². The third-order valence-electron chi connectivity index (χ3n) is 10.0. The van der Waals surface area contributed by atoms with Crippen LogP contribution in [0.15, 0.2) is 23.0 Å². The first-order valence-corrected chi connectivity index (χ1v) is 18.3. The summed E-state index contributed by atoms with van der Waals surface area (Å²) in [5.74, 6) is 0. The summed E-state index contributed by atoms with van der Waals surface area (Å²) >= 11 is 0. The fraction of sp³-hybridized carbons (Fsp3) is 0.871. The van der Waals surface area contributed by atoms with Crippen molar-refractivity contribution in [2.75, 3.05) is 0 Å². The zero-order valence-electron chi connectivity index (χ0n) is 21.8. The quantitative estimate of drug-likeness (QED) is 0.314. The predicted octanol–water partition coefficient (Wildman–Crippen LogP) is 10.9. The summed E-state index contributed by atoms with van der Waals surface area (Å²) in [6.07, 6.45) is 37.6. The molecule has 0 heterocycles. The molecule has 0 N–H and O–H groups in total. The van der Waals surface area contributed by atoms with Gasteiger partial charge in [-0.05, 0) is 91.3 Å². The molecule has 5 aliphatic carbocycles. The van der Waals surface area contributed by atoms with Gasteiger partial charge in [0, 0.05) is 5.66 Å². The van der Waals surface area contributed by atoms with Gasteiger partial charge in [0.25, 0.3) is 0 Å². The smallest absolute Gasteiger partial charge is 0.00216 e. The van der Waals surface area contributed by atoms with Crippen molar-refractivity contribution in [1.82, 2.24) is 0 Å². The van der Waals surface area contributed by atoms with Crippen molar-refractivity contribution in [3.05, 3.63) is 23.0 Å². The van der Waals surface area contributed by atoms with Crippen molar-refractivity contribution in [1.29, 1.82) is 0 Å². The van der Waals surface area contributed by atoms with Gasteiger partial charge in [0.15, 0.2) is 0 Å². The molecule has 0 unspecified atom stereocenters. The SMILES string of the molecule is C[C@H](C1=CCC=C1P(C1CCCCC1)C1CCCCC1)P(C1CCCCC1)C1CCCCC1. The van der Waals surface area contributed by atoms with E-state index in [1.807, 2.05) is 10.9 Å². The van der Waals surface area contributed by atoms with Crippen molar-refractivity contribution in [2.24, 2.45) is 0 Å². The van der Waals surface area contributed by atoms with Crippen LogP contribution in [-0.2, 0) is 0 Å². The third-order valence-corrected chi connectivity index (χ3v) is 17.5. The molecule has 0 spiro atoms. The third kappa shape index (κ3) is 6.02. The first-order chi connectivity index (χ1) is 16.3. The maximum atomic E-state index is 2.79. The van der Waals surface area contributed by atoms with Gasteiger partial charge in [-0.2, -0.15) is 0 Å². The zero-order chi connectivity index (χ0) is 22.5. The lowest BCUT2D eigenvalue weighted by atomic mass is 9.99. The molecule has 0 nitrogen and oxygen atoms in total. The Morgan fingerprint density at radius 1 is 0.545 bits per heavy atom. The Morgan fingerprint density at radius 2 is 0.939 bits per heavy atom. The normalized spacial score (nSPS) is 28.3. The van der Waals surface area contributed by atoms with Gasteiger partial charge >= 0.3 is 0 Å². The van der Waals surface area contributed by atoms with Crippen LogP contribution in [0.2, 0.25) is 0 Å². The monoisotopic (exact) mass is 486 g/mol. The fourth-order valence-corrected chi connectivity index (χ4v) is 17.0. The molecule has 0 aromatic carbocycles. The van der Waals surface area contributed by atoms with Gasteiger partial charge in [-0.25, -0.2) is 0 Å². The number of hydrogen-bond acceptors (Lipinski definition) is 0. The maximum Gasteiger partial charge on any atom is 0.00216 e. The number of allylic oxidation sites excluding steroid dienone is 4. The van der Waals surface area contributed by atoms with Crippen LogP contribution < -0.4 is 0 Å². The topological polar surface area (TPSA) is 0 Å². The minimum Gasteiger partial charge on any atom is -0.0929 e. The van der Waals surface area contributed by atoms with Gasteiger partial charge in [-0.3, -0.25) is 0 Å². The van der Waals surface area contributed by atoms with E-state index in [2.05, 4.69) is 19.1 Å². The van der Waals surface area contributed by atoms with E-state index in [1.165, 1.54) is 83.5 Å². The summed E-state index contributed by atoms with van der Waals surface area (Å²) in [6, 6.07) is 0. The molecule has 0 aromatic heterocycles. The van der Waals surface area contributed by atoms with Crippen LogP contribution in [0.4, 0.5) is 0 Å². The van der Waals surface area contributed by atoms with Crippen LogP contribution in [0.25, 0.3) is 0 Å². The highest BCUT2D eigenvalue weighted by Crippen LogP contribution is 2.68. The maximum absolute atomic E-state index is 2.79. The number of hydrogen-bond donors (Lipinski definition) is 0. The lowest BCUT2D eigenvalue weighted by Gasteiger charge is -2.45. The van der Waals surface area contributed by atoms with Crippen molar-refractivity contribution < 1.29 is 0 Å². The number of rotatable bonds is 7. The van der Waals surface area contributed by atoms with E-state index in [9.17, 15) is 0 Å². The second-order valence-electron chi connectivity index (χ2n) is 12.2. The molecule has 4 saturated carbocycles. The molecular formula is C31H52P2. The lowest BCUT2D eigenvalue weighted by molar-refractivity contribution is 0.482. The Balaban J connectivity index is 1.40. The summed E-state index contributed by atoms with van der Waals surface area (Å²) in [7, 11) is 0.219. The predicted molar refractivity (Wildman–Crippen MR) is 152 cm³/mol. The molecule has 0 radical (unpaired) electrons. The van der Waals surface area contributed by atoms with Gasteiger partial charge in [-0.15, -0.1) is 0 Å². The van der Waals surface area contributed by atoms with Crippen LogP contribution >= 0.6 is 15.8 Å². The molecule has 0 saturated heterocycles. The highest BCUT2D eigenvalue weighted by Gasteiger charge is 2.41. The fourth-order valence-electron chi connectivity index (χ4n) is 8.42. The second kappa shape index (κ2) is 12.5. The van der Waals surface area contributed by atoms with E-state index in [0.717, 1.165) is 28.3 Å². The molecular weight excluding hydrogens is 434 g/mol. The molecule has 33 heavy (non-hydrogen) atoms. The highest BCUT2D eigenvalue weighted by molar-refractivity contribution is 7.64. The van der Waals surface area contributed by atoms with Crippen molar-refractivity contribution in [3.63, 3.8) is 0 Å². The largest absolute Gasteiger partial charge is 0.0929 e. The van der Waals surface area contributed by atoms with E-state index in [-0.39, 0.29) is 15.8 Å². The lowest BCUT2D eigenvalue weighted by Crippen LogP contribution is -2.27. The molecule has 4 fully saturated rings. The molecule has 5 rings (SSSR count). The van der Waals surface area contributed by atoms with Crippen LogP contribution in [0, 0.1) is 0 Å². The van der Waals surface area contributed by atoms with E-state index in [4.69, 9.17) is 0 Å². The molecule has 0 bridgehead atoms. The Kier molecular flexibility index (Phi) is 9.50. The Labute approximate surface area is 208 Å². The first-order valence-electron chi connectivity index (χ1n) is 15.3. The van der Waals surface area contributed by atoms with E-state index in [1.54, 1.807) is 51.4 Å². The Morgan fingerprint density at radius 3 is 1.36 bits per heavy atom. The van der Waals surface area contributed by atoms with E-state index >= 15 is 0 Å². The summed E-state index contributed by atoms with van der Waals surface area (Å²) in [5, 5.41) is 1.98. The summed E-state index contributed by atoms with van der Waals surface area (Å²) in [5.41, 5.74) is 7.12. The van der Waals surface area contributed by atoms with Gasteiger partial charge in [-0.1, -0.05) is 112 Å². The average Bonchev–Trinajstić information content (AvgIpc) is 3.36. The molecule has 0 aliphatic heterocycles. The molecule has 1 atom stereocenters. The minimum atomic E-state index is 0.0737. The van der Waals surface area contributed by atoms with Crippen LogP contribution in [0.3, 0.4) is 0 Å². The zero-order valence-corrected chi connectivity index (χ0v) is 23.6. The minimum absolute atomic E-state index is 0.0737. The van der Waals surface area contributed by atoms with Crippen molar-refractivity contribution >= 4 is 15.8 Å². The molecule has 0 aromatic rings. The summed E-state index contributed by atoms with van der Waals surface area (Å²) < 4.78 is 0. The van der Waals surface area contributed by atoms with Crippen LogP contribution in [0.1, 0.15) is 142 Å². The second-order valence-corrected chi connectivity index (χ2v) is 18.1. The molecule has 5 aliphatic rings.